The Morgan fingerprint density at radius 2 is 1.79 bits per heavy atom. The Balaban J connectivity index is 2.20. The van der Waals surface area contributed by atoms with E-state index in [1.807, 2.05) is 27.7 Å². The first-order chi connectivity index (χ1) is 11.2. The number of ether oxygens (including phenoxy) is 1. The molecule has 0 atom stereocenters. The lowest BCUT2D eigenvalue weighted by molar-refractivity contribution is 0.0529. The van der Waals surface area contributed by atoms with E-state index in [4.69, 9.17) is 4.74 Å². The number of rotatable bonds is 6. The smallest absolute Gasteiger partial charge is 0.407 e. The van der Waals surface area contributed by atoms with Crippen molar-refractivity contribution < 1.29 is 9.53 Å². The molecule has 3 N–H and O–H groups in total. The van der Waals surface area contributed by atoms with Crippen LogP contribution in [0.2, 0.25) is 0 Å². The third-order valence-corrected chi connectivity index (χ3v) is 4.15. The highest BCUT2D eigenvalue weighted by molar-refractivity contribution is 7.11. The SMILES string of the molecule is CN=C(NCCNC(=O)OC(C)(C)C)NCCc1nc(C)c(C)s1. The largest absolute Gasteiger partial charge is 0.444 e. The van der Waals surface area contributed by atoms with E-state index in [-0.39, 0.29) is 0 Å². The van der Waals surface area contributed by atoms with E-state index in [1.165, 1.54) is 4.88 Å². The second-order valence-electron chi connectivity index (χ2n) is 6.35. The molecule has 24 heavy (non-hydrogen) atoms. The summed E-state index contributed by atoms with van der Waals surface area (Å²) in [6.07, 6.45) is 0.442. The highest BCUT2D eigenvalue weighted by Crippen LogP contribution is 2.16. The van der Waals surface area contributed by atoms with E-state index in [2.05, 4.69) is 32.9 Å². The molecule has 0 spiro atoms. The summed E-state index contributed by atoms with van der Waals surface area (Å²) >= 11 is 1.73. The second-order valence-corrected chi connectivity index (χ2v) is 7.64. The van der Waals surface area contributed by atoms with Crippen molar-refractivity contribution in [3.63, 3.8) is 0 Å². The number of nitrogens with one attached hydrogen (secondary N) is 3. The van der Waals surface area contributed by atoms with Crippen LogP contribution in [0.3, 0.4) is 0 Å². The number of carbonyl (C=O) groups excluding carboxylic acids is 1. The van der Waals surface area contributed by atoms with Gasteiger partial charge < -0.3 is 20.7 Å². The molecule has 0 bridgehead atoms. The number of amides is 1. The Labute approximate surface area is 148 Å². The van der Waals surface area contributed by atoms with Crippen LogP contribution in [0, 0.1) is 13.8 Å². The highest BCUT2D eigenvalue weighted by atomic mass is 32.1. The first-order valence-corrected chi connectivity index (χ1v) is 8.87. The topological polar surface area (TPSA) is 87.6 Å². The van der Waals surface area contributed by atoms with Gasteiger partial charge in [0, 0.05) is 38.0 Å². The average Bonchev–Trinajstić information content (AvgIpc) is 2.78. The summed E-state index contributed by atoms with van der Waals surface area (Å²) in [6, 6.07) is 0. The number of aryl methyl sites for hydroxylation is 2. The van der Waals surface area contributed by atoms with E-state index in [1.54, 1.807) is 18.4 Å². The van der Waals surface area contributed by atoms with E-state index in [9.17, 15) is 4.79 Å². The van der Waals surface area contributed by atoms with Crippen molar-refractivity contribution in [2.75, 3.05) is 26.7 Å². The zero-order valence-electron chi connectivity index (χ0n) is 15.4. The number of aliphatic imine (C=N–C) groups is 1. The summed E-state index contributed by atoms with van der Waals surface area (Å²) in [4.78, 5) is 21.4. The van der Waals surface area contributed by atoms with Crippen LogP contribution in [-0.4, -0.2) is 49.3 Å². The number of nitrogens with zero attached hydrogens (tertiary/aromatic N) is 2. The average molecular weight is 356 g/mol. The van der Waals surface area contributed by atoms with Crippen LogP contribution >= 0.6 is 11.3 Å². The van der Waals surface area contributed by atoms with Crippen molar-refractivity contribution in [3.05, 3.63) is 15.6 Å². The fourth-order valence-electron chi connectivity index (χ4n) is 1.81. The van der Waals surface area contributed by atoms with Gasteiger partial charge in [-0.05, 0) is 34.6 Å². The molecule has 7 nitrogen and oxygen atoms in total. The Hall–Kier alpha value is -1.83. The molecule has 0 aromatic carbocycles. The van der Waals surface area contributed by atoms with Gasteiger partial charge in [-0.3, -0.25) is 4.99 Å². The van der Waals surface area contributed by atoms with Crippen molar-refractivity contribution >= 4 is 23.4 Å². The van der Waals surface area contributed by atoms with E-state index >= 15 is 0 Å². The fourth-order valence-corrected chi connectivity index (χ4v) is 2.75. The Bertz CT molecular complexity index is 544. The molecule has 0 unspecified atom stereocenters. The Morgan fingerprint density at radius 3 is 2.33 bits per heavy atom. The maximum atomic E-state index is 11.5. The first-order valence-electron chi connectivity index (χ1n) is 8.05. The van der Waals surface area contributed by atoms with Crippen LogP contribution in [0.4, 0.5) is 4.79 Å². The summed E-state index contributed by atoms with van der Waals surface area (Å²) in [6.45, 7) is 11.4. The van der Waals surface area contributed by atoms with Gasteiger partial charge in [0.05, 0.1) is 10.7 Å². The molecule has 0 aliphatic heterocycles. The Morgan fingerprint density at radius 1 is 1.17 bits per heavy atom. The molecule has 0 aliphatic rings. The van der Waals surface area contributed by atoms with Crippen molar-refractivity contribution in [2.45, 2.75) is 46.6 Å². The first kappa shape index (κ1) is 20.2. The van der Waals surface area contributed by atoms with Gasteiger partial charge in [-0.2, -0.15) is 0 Å². The molecular formula is C16H29N5O2S. The number of alkyl carbamates (subject to hydrolysis) is 1. The van der Waals surface area contributed by atoms with Gasteiger partial charge in [-0.25, -0.2) is 9.78 Å². The van der Waals surface area contributed by atoms with Crippen LogP contribution in [0.15, 0.2) is 4.99 Å². The van der Waals surface area contributed by atoms with Crippen LogP contribution in [0.25, 0.3) is 0 Å². The van der Waals surface area contributed by atoms with Gasteiger partial charge in [-0.1, -0.05) is 0 Å². The van der Waals surface area contributed by atoms with E-state index < -0.39 is 11.7 Å². The monoisotopic (exact) mass is 355 g/mol. The predicted molar refractivity (Wildman–Crippen MR) is 98.9 cm³/mol. The maximum absolute atomic E-state index is 11.5. The molecule has 0 radical (unpaired) electrons. The number of thiazole rings is 1. The predicted octanol–water partition coefficient (Wildman–Crippen LogP) is 1.99. The number of hydrogen-bond donors (Lipinski definition) is 3. The summed E-state index contributed by atoms with van der Waals surface area (Å²) in [5.41, 5.74) is 0.618. The lowest BCUT2D eigenvalue weighted by Crippen LogP contribution is -2.42. The summed E-state index contributed by atoms with van der Waals surface area (Å²) in [7, 11) is 1.72. The second kappa shape index (κ2) is 9.46. The zero-order valence-corrected chi connectivity index (χ0v) is 16.3. The van der Waals surface area contributed by atoms with Crippen molar-refractivity contribution in [3.8, 4) is 0 Å². The quantitative estimate of drug-likeness (QED) is 0.413. The van der Waals surface area contributed by atoms with Crippen LogP contribution in [-0.2, 0) is 11.2 Å². The molecule has 136 valence electrons. The minimum absolute atomic E-state index is 0.415. The van der Waals surface area contributed by atoms with Gasteiger partial charge in [0.1, 0.15) is 5.60 Å². The summed E-state index contributed by atoms with van der Waals surface area (Å²) in [5.74, 6) is 0.700. The molecule has 8 heteroatoms. The molecule has 1 heterocycles. The normalized spacial score (nSPS) is 12.0. The zero-order chi connectivity index (χ0) is 18.2. The van der Waals surface area contributed by atoms with Gasteiger partial charge in [0.25, 0.3) is 0 Å². The molecule has 0 saturated carbocycles. The molecule has 0 fully saturated rings. The Kier molecular flexibility index (Phi) is 7.97. The van der Waals surface area contributed by atoms with Crippen molar-refractivity contribution in [1.29, 1.82) is 0 Å². The van der Waals surface area contributed by atoms with Gasteiger partial charge in [-0.15, -0.1) is 11.3 Å². The minimum Gasteiger partial charge on any atom is -0.444 e. The molecule has 1 aromatic heterocycles. The minimum atomic E-state index is -0.484. The van der Waals surface area contributed by atoms with Crippen LogP contribution in [0.5, 0.6) is 0 Å². The summed E-state index contributed by atoms with van der Waals surface area (Å²) in [5, 5.41) is 10.2. The van der Waals surface area contributed by atoms with E-state index in [0.29, 0.717) is 19.0 Å². The van der Waals surface area contributed by atoms with Crippen LogP contribution in [0.1, 0.15) is 36.3 Å². The van der Waals surface area contributed by atoms with Gasteiger partial charge >= 0.3 is 6.09 Å². The molecule has 0 aliphatic carbocycles. The third-order valence-electron chi connectivity index (χ3n) is 3.01. The number of guanidine groups is 1. The van der Waals surface area contributed by atoms with Crippen LogP contribution < -0.4 is 16.0 Å². The number of carbonyl (C=O) groups is 1. The third kappa shape index (κ3) is 8.14. The highest BCUT2D eigenvalue weighted by Gasteiger charge is 2.15. The van der Waals surface area contributed by atoms with E-state index in [0.717, 1.165) is 23.7 Å². The number of hydrogen-bond acceptors (Lipinski definition) is 5. The lowest BCUT2D eigenvalue weighted by atomic mass is 10.2. The molecule has 1 aromatic rings. The number of aromatic nitrogens is 1. The van der Waals surface area contributed by atoms with Crippen molar-refractivity contribution in [1.82, 2.24) is 20.9 Å². The van der Waals surface area contributed by atoms with Gasteiger partial charge in [0.2, 0.25) is 0 Å². The van der Waals surface area contributed by atoms with Gasteiger partial charge in [0.15, 0.2) is 5.96 Å². The summed E-state index contributed by atoms with van der Waals surface area (Å²) < 4.78 is 5.17. The molecule has 0 saturated heterocycles. The lowest BCUT2D eigenvalue weighted by Gasteiger charge is -2.19. The maximum Gasteiger partial charge on any atom is 0.407 e. The molecule has 1 rings (SSSR count). The molecule has 1 amide bonds. The molecular weight excluding hydrogens is 326 g/mol. The standard InChI is InChI=1S/C16H29N5O2S/c1-11-12(2)24-13(21-11)7-8-18-14(17-6)19-9-10-20-15(22)23-16(3,4)5/h7-10H2,1-6H3,(H,20,22)(H2,17,18,19). The fraction of sp³-hybridized carbons (Fsp3) is 0.688. The van der Waals surface area contributed by atoms with Crippen molar-refractivity contribution in [2.24, 2.45) is 4.99 Å².